The molecule has 1 aromatic carbocycles. The first-order chi connectivity index (χ1) is 14.1. The zero-order valence-electron chi connectivity index (χ0n) is 17.6. The lowest BCUT2D eigenvalue weighted by atomic mass is 9.82. The molecule has 1 aliphatic rings. The fraction of sp³-hybridized carbons (Fsp3) is 0.682. The molecule has 0 aromatic heterocycles. The molecule has 1 fully saturated rings. The Morgan fingerprint density at radius 1 is 0.903 bits per heavy atom. The van der Waals surface area contributed by atoms with E-state index in [4.69, 9.17) is 0 Å². The van der Waals surface area contributed by atoms with Crippen molar-refractivity contribution in [3.8, 4) is 0 Å². The van der Waals surface area contributed by atoms with Crippen LogP contribution in [0.15, 0.2) is 24.3 Å². The third kappa shape index (κ3) is 8.58. The number of benzene rings is 1. The number of nitrogens with zero attached hydrogens (tertiary/aromatic N) is 1. The van der Waals surface area contributed by atoms with Crippen molar-refractivity contribution in [2.24, 2.45) is 5.41 Å². The highest BCUT2D eigenvalue weighted by molar-refractivity contribution is 5.29. The topological polar surface area (TPSA) is 3.24 Å². The number of piperidine rings is 1. The second-order valence-corrected chi connectivity index (χ2v) is 9.01. The number of hydrogen-bond donors (Lipinski definition) is 0. The number of alkyl halides is 8. The van der Waals surface area contributed by atoms with Gasteiger partial charge in [-0.25, -0.2) is 8.78 Å². The Hall–Kier alpha value is -1.38. The first-order valence-corrected chi connectivity index (χ1v) is 10.3. The third-order valence-electron chi connectivity index (χ3n) is 5.72. The van der Waals surface area contributed by atoms with Crippen molar-refractivity contribution in [1.82, 2.24) is 4.90 Å². The van der Waals surface area contributed by atoms with E-state index in [1.807, 2.05) is 13.8 Å². The molecule has 2 rings (SSSR count). The molecule has 0 bridgehead atoms. The Morgan fingerprint density at radius 2 is 1.48 bits per heavy atom. The average molecular weight is 458 g/mol. The van der Waals surface area contributed by atoms with Gasteiger partial charge in [-0.1, -0.05) is 26.0 Å². The SMILES string of the molecule is CC(C)(CCCN1CCC(F)(F)[CH]C1c1ccc(C(F)(F)F)cc1)CCCC(F)(F)F. The maximum absolute atomic E-state index is 14.0. The summed E-state index contributed by atoms with van der Waals surface area (Å²) in [7, 11) is 0. The Morgan fingerprint density at radius 3 is 2.03 bits per heavy atom. The van der Waals surface area contributed by atoms with Crippen LogP contribution in [0.25, 0.3) is 0 Å². The largest absolute Gasteiger partial charge is 0.416 e. The minimum Gasteiger partial charge on any atom is -0.296 e. The molecule has 31 heavy (non-hydrogen) atoms. The molecule has 0 N–H and O–H groups in total. The van der Waals surface area contributed by atoms with Gasteiger partial charge in [0.1, 0.15) is 0 Å². The van der Waals surface area contributed by atoms with Gasteiger partial charge in [-0.15, -0.1) is 0 Å². The van der Waals surface area contributed by atoms with Crippen LogP contribution in [0.2, 0.25) is 0 Å². The Kier molecular flexibility index (Phi) is 8.04. The summed E-state index contributed by atoms with van der Waals surface area (Å²) in [6.07, 6.45) is -7.37. The molecule has 0 spiro atoms. The first kappa shape index (κ1) is 25.9. The van der Waals surface area contributed by atoms with Crippen molar-refractivity contribution >= 4 is 0 Å². The number of rotatable bonds is 8. The van der Waals surface area contributed by atoms with Crippen molar-refractivity contribution in [1.29, 1.82) is 0 Å². The number of halogens is 8. The van der Waals surface area contributed by atoms with Crippen LogP contribution in [0.4, 0.5) is 35.1 Å². The van der Waals surface area contributed by atoms with Gasteiger partial charge in [0.25, 0.3) is 5.92 Å². The summed E-state index contributed by atoms with van der Waals surface area (Å²) >= 11 is 0. The summed E-state index contributed by atoms with van der Waals surface area (Å²) in [5, 5.41) is 0. The summed E-state index contributed by atoms with van der Waals surface area (Å²) < 4.78 is 103. The molecule has 0 amide bonds. The lowest BCUT2D eigenvalue weighted by molar-refractivity contribution is -0.138. The average Bonchev–Trinajstić information content (AvgIpc) is 2.60. The van der Waals surface area contributed by atoms with E-state index in [0.29, 0.717) is 31.4 Å². The highest BCUT2D eigenvalue weighted by Crippen LogP contribution is 2.40. The van der Waals surface area contributed by atoms with Crippen LogP contribution in [0, 0.1) is 11.8 Å². The van der Waals surface area contributed by atoms with Crippen molar-refractivity contribution in [2.45, 2.75) is 76.7 Å². The Bertz CT molecular complexity index is 691. The lowest BCUT2D eigenvalue weighted by Crippen LogP contribution is -2.43. The smallest absolute Gasteiger partial charge is 0.296 e. The van der Waals surface area contributed by atoms with E-state index in [2.05, 4.69) is 0 Å². The van der Waals surface area contributed by atoms with Crippen LogP contribution in [-0.4, -0.2) is 30.1 Å². The molecule has 1 heterocycles. The van der Waals surface area contributed by atoms with E-state index < -0.39 is 36.3 Å². The Balaban J connectivity index is 1.98. The molecule has 0 saturated carbocycles. The van der Waals surface area contributed by atoms with Crippen molar-refractivity contribution in [3.05, 3.63) is 41.8 Å². The zero-order valence-corrected chi connectivity index (χ0v) is 17.6. The zero-order chi connectivity index (χ0) is 23.5. The molecule has 1 nitrogen and oxygen atoms in total. The molecule has 1 radical (unpaired) electrons. The molecular formula is C22H28F8N. The quantitative estimate of drug-likeness (QED) is 0.359. The number of hydrogen-bond acceptors (Lipinski definition) is 1. The predicted octanol–water partition coefficient (Wildman–Crippen LogP) is 7.83. The molecule has 9 heteroatoms. The van der Waals surface area contributed by atoms with Gasteiger partial charge < -0.3 is 0 Å². The third-order valence-corrected chi connectivity index (χ3v) is 5.72. The highest BCUT2D eigenvalue weighted by Gasteiger charge is 2.41. The van der Waals surface area contributed by atoms with E-state index in [-0.39, 0.29) is 24.8 Å². The second-order valence-electron chi connectivity index (χ2n) is 9.01. The lowest BCUT2D eigenvalue weighted by Gasteiger charge is -2.40. The van der Waals surface area contributed by atoms with E-state index in [1.54, 1.807) is 4.90 Å². The van der Waals surface area contributed by atoms with Crippen LogP contribution in [0.3, 0.4) is 0 Å². The summed E-state index contributed by atoms with van der Waals surface area (Å²) in [6.45, 7) is 4.28. The molecule has 1 aliphatic heterocycles. The van der Waals surface area contributed by atoms with Crippen molar-refractivity contribution in [3.63, 3.8) is 0 Å². The summed E-state index contributed by atoms with van der Waals surface area (Å²) in [5.74, 6) is -3.01. The molecule has 0 aliphatic carbocycles. The van der Waals surface area contributed by atoms with E-state index in [9.17, 15) is 35.1 Å². The molecule has 1 aromatic rings. The van der Waals surface area contributed by atoms with Gasteiger partial charge in [-0.3, -0.25) is 4.90 Å². The molecular weight excluding hydrogens is 430 g/mol. The second kappa shape index (κ2) is 9.63. The maximum atomic E-state index is 14.0. The predicted molar refractivity (Wildman–Crippen MR) is 103 cm³/mol. The van der Waals surface area contributed by atoms with Gasteiger partial charge in [0.15, 0.2) is 0 Å². The number of likely N-dealkylation sites (tertiary alicyclic amines) is 1. The monoisotopic (exact) mass is 458 g/mol. The fourth-order valence-electron chi connectivity index (χ4n) is 3.93. The first-order valence-electron chi connectivity index (χ1n) is 10.3. The summed E-state index contributed by atoms with van der Waals surface area (Å²) in [5.41, 5.74) is -0.804. The van der Waals surface area contributed by atoms with Crippen LogP contribution >= 0.6 is 0 Å². The standard InChI is InChI=1S/C22H28F8N/c1-19(2,9-3-11-21(25,26)27)10-4-13-31-14-12-20(23,24)15-18(31)16-5-7-17(8-6-16)22(28,29)30/h5-8,15,18H,3-4,9-14H2,1-2H3. The minimum absolute atomic E-state index is 0.0361. The molecule has 1 saturated heterocycles. The summed E-state index contributed by atoms with van der Waals surface area (Å²) in [6, 6.07) is 3.40. The molecule has 1 unspecified atom stereocenters. The normalized spacial score (nSPS) is 20.8. The van der Waals surface area contributed by atoms with Crippen molar-refractivity contribution in [2.75, 3.05) is 13.1 Å². The van der Waals surface area contributed by atoms with Crippen LogP contribution in [0.5, 0.6) is 0 Å². The fourth-order valence-corrected chi connectivity index (χ4v) is 3.93. The van der Waals surface area contributed by atoms with Gasteiger partial charge >= 0.3 is 12.4 Å². The van der Waals surface area contributed by atoms with Crippen LogP contribution in [-0.2, 0) is 6.18 Å². The van der Waals surface area contributed by atoms with Gasteiger partial charge in [-0.2, -0.15) is 26.3 Å². The van der Waals surface area contributed by atoms with E-state index in [1.165, 1.54) is 12.1 Å². The van der Waals surface area contributed by atoms with Gasteiger partial charge in [0.2, 0.25) is 0 Å². The molecule has 1 atom stereocenters. The van der Waals surface area contributed by atoms with Crippen molar-refractivity contribution < 1.29 is 35.1 Å². The summed E-state index contributed by atoms with van der Waals surface area (Å²) in [4.78, 5) is 1.80. The minimum atomic E-state index is -4.50. The van der Waals surface area contributed by atoms with E-state index in [0.717, 1.165) is 18.6 Å². The van der Waals surface area contributed by atoms with Gasteiger partial charge in [0, 0.05) is 25.4 Å². The van der Waals surface area contributed by atoms with Crippen LogP contribution in [0.1, 0.15) is 69.5 Å². The van der Waals surface area contributed by atoms with Crippen LogP contribution < -0.4 is 0 Å². The Labute approximate surface area is 177 Å². The molecule has 177 valence electrons. The van der Waals surface area contributed by atoms with E-state index >= 15 is 0 Å². The van der Waals surface area contributed by atoms with Gasteiger partial charge in [-0.05, 0) is 55.3 Å². The van der Waals surface area contributed by atoms with Gasteiger partial charge in [0.05, 0.1) is 12.0 Å². The highest BCUT2D eigenvalue weighted by atomic mass is 19.4. The maximum Gasteiger partial charge on any atom is 0.416 e.